The summed E-state index contributed by atoms with van der Waals surface area (Å²) in [5.74, 6) is 0. The highest BCUT2D eigenvalue weighted by atomic mass is 15.3. The van der Waals surface area contributed by atoms with Crippen LogP contribution in [-0.2, 0) is 0 Å². The summed E-state index contributed by atoms with van der Waals surface area (Å²) in [4.78, 5) is 5.21. The summed E-state index contributed by atoms with van der Waals surface area (Å²) in [6, 6.07) is 0.738. The summed E-state index contributed by atoms with van der Waals surface area (Å²) in [7, 11) is 4.64. The van der Waals surface area contributed by atoms with Gasteiger partial charge >= 0.3 is 0 Å². The van der Waals surface area contributed by atoms with Crippen LogP contribution in [-0.4, -0.2) is 47.6 Å². The number of hydrogen-bond donors (Lipinski definition) is 0. The van der Waals surface area contributed by atoms with Crippen LogP contribution in [0, 0.1) is 0 Å². The van der Waals surface area contributed by atoms with Crippen LogP contribution in [0.5, 0.6) is 0 Å². The second-order valence-electron chi connectivity index (χ2n) is 8.49. The van der Waals surface area contributed by atoms with Gasteiger partial charge in [-0.3, -0.25) is 4.90 Å². The highest BCUT2D eigenvalue weighted by Crippen LogP contribution is 2.38. The van der Waals surface area contributed by atoms with Crippen molar-refractivity contribution in [2.24, 2.45) is 0 Å². The summed E-state index contributed by atoms with van der Waals surface area (Å²) in [5.41, 5.74) is 0.615. The predicted molar refractivity (Wildman–Crippen MR) is 94.9 cm³/mol. The first-order valence-electron chi connectivity index (χ1n) is 9.15. The lowest BCUT2D eigenvalue weighted by atomic mass is 9.77. The lowest BCUT2D eigenvalue weighted by Gasteiger charge is -2.55. The summed E-state index contributed by atoms with van der Waals surface area (Å²) in [6.45, 7) is 13.2. The minimum atomic E-state index is 0.307. The third kappa shape index (κ3) is 5.56. The third-order valence-electron chi connectivity index (χ3n) is 5.77. The molecule has 2 heteroatoms. The van der Waals surface area contributed by atoms with E-state index >= 15 is 0 Å². The molecule has 0 radical (unpaired) electrons. The van der Waals surface area contributed by atoms with Crippen LogP contribution in [0.1, 0.15) is 86.0 Å². The molecule has 0 aromatic heterocycles. The maximum atomic E-state index is 2.64. The van der Waals surface area contributed by atoms with Crippen LogP contribution in [0.25, 0.3) is 0 Å². The number of likely N-dealkylation sites (tertiary alicyclic amines) is 1. The van der Waals surface area contributed by atoms with Gasteiger partial charge in [0.2, 0.25) is 0 Å². The quantitative estimate of drug-likeness (QED) is 0.586. The Balaban J connectivity index is 2.38. The van der Waals surface area contributed by atoms with Gasteiger partial charge in [0, 0.05) is 17.1 Å². The van der Waals surface area contributed by atoms with Gasteiger partial charge < -0.3 is 4.90 Å². The normalized spacial score (nSPS) is 22.9. The van der Waals surface area contributed by atoms with Crippen molar-refractivity contribution >= 4 is 0 Å². The van der Waals surface area contributed by atoms with Gasteiger partial charge in [0.05, 0.1) is 0 Å². The second kappa shape index (κ2) is 7.97. The Kier molecular flexibility index (Phi) is 7.19. The fourth-order valence-corrected chi connectivity index (χ4v) is 3.95. The highest BCUT2D eigenvalue weighted by Gasteiger charge is 2.43. The van der Waals surface area contributed by atoms with E-state index < -0.39 is 0 Å². The average molecular weight is 297 g/mol. The Morgan fingerprint density at radius 1 is 0.905 bits per heavy atom. The molecule has 1 heterocycles. The van der Waals surface area contributed by atoms with Gasteiger partial charge in [0.15, 0.2) is 0 Å². The number of nitrogens with zero attached hydrogens (tertiary/aromatic N) is 2. The molecule has 1 aliphatic heterocycles. The summed E-state index contributed by atoms with van der Waals surface area (Å²) < 4.78 is 0. The van der Waals surface area contributed by atoms with Crippen LogP contribution in [0.3, 0.4) is 0 Å². The zero-order valence-electron chi connectivity index (χ0n) is 15.8. The van der Waals surface area contributed by atoms with Crippen molar-refractivity contribution in [1.29, 1.82) is 0 Å². The fourth-order valence-electron chi connectivity index (χ4n) is 3.95. The molecule has 0 aromatic rings. The molecule has 0 saturated carbocycles. The molecule has 0 spiro atoms. The molecule has 0 unspecified atom stereocenters. The van der Waals surface area contributed by atoms with Gasteiger partial charge in [-0.1, -0.05) is 39.0 Å². The van der Waals surface area contributed by atoms with Gasteiger partial charge in [-0.25, -0.2) is 0 Å². The molecule has 0 bridgehead atoms. The second-order valence-corrected chi connectivity index (χ2v) is 8.49. The maximum absolute atomic E-state index is 2.64. The molecular weight excluding hydrogens is 256 g/mol. The number of hydrogen-bond acceptors (Lipinski definition) is 2. The molecule has 0 aromatic carbocycles. The summed E-state index contributed by atoms with van der Waals surface area (Å²) >= 11 is 0. The lowest BCUT2D eigenvalue weighted by molar-refractivity contribution is -0.0426. The molecule has 0 amide bonds. The van der Waals surface area contributed by atoms with Crippen molar-refractivity contribution in [1.82, 2.24) is 9.80 Å². The van der Waals surface area contributed by atoms with Crippen molar-refractivity contribution in [3.05, 3.63) is 0 Å². The van der Waals surface area contributed by atoms with Crippen LogP contribution in [0.4, 0.5) is 0 Å². The average Bonchev–Trinajstić information content (AvgIpc) is 2.39. The predicted octanol–water partition coefficient (Wildman–Crippen LogP) is 4.93. The molecule has 1 aliphatic rings. The van der Waals surface area contributed by atoms with Crippen molar-refractivity contribution in [3.63, 3.8) is 0 Å². The van der Waals surface area contributed by atoms with Gasteiger partial charge in [-0.2, -0.15) is 0 Å². The zero-order valence-corrected chi connectivity index (χ0v) is 15.8. The van der Waals surface area contributed by atoms with E-state index in [-0.39, 0.29) is 0 Å². The third-order valence-corrected chi connectivity index (χ3v) is 5.77. The van der Waals surface area contributed by atoms with E-state index in [1.165, 1.54) is 57.9 Å². The smallest absolute Gasteiger partial charge is 0.0170 e. The number of rotatable bonds is 8. The molecule has 2 nitrogen and oxygen atoms in total. The Labute approximate surface area is 134 Å². The van der Waals surface area contributed by atoms with Crippen LogP contribution >= 0.6 is 0 Å². The molecule has 1 rings (SSSR count). The van der Waals surface area contributed by atoms with Crippen molar-refractivity contribution in [2.75, 3.05) is 20.6 Å². The van der Waals surface area contributed by atoms with E-state index in [2.05, 4.69) is 58.5 Å². The number of piperidine rings is 1. The van der Waals surface area contributed by atoms with Crippen LogP contribution in [0.15, 0.2) is 0 Å². The van der Waals surface area contributed by atoms with Gasteiger partial charge in [0.1, 0.15) is 0 Å². The SMILES string of the molecule is CCCCCCCCN(C)C1CC(C)(C)N(C)C(C)(C)C1. The Bertz CT molecular complexity index is 278. The van der Waals surface area contributed by atoms with E-state index in [9.17, 15) is 0 Å². The first-order chi connectivity index (χ1) is 9.70. The lowest BCUT2D eigenvalue weighted by Crippen LogP contribution is -2.62. The Morgan fingerprint density at radius 2 is 1.38 bits per heavy atom. The molecule has 1 saturated heterocycles. The van der Waals surface area contributed by atoms with E-state index in [1.54, 1.807) is 0 Å². The van der Waals surface area contributed by atoms with Gasteiger partial charge in [-0.15, -0.1) is 0 Å². The zero-order chi connectivity index (χ0) is 16.1. The summed E-state index contributed by atoms with van der Waals surface area (Å²) in [6.07, 6.45) is 11.0. The van der Waals surface area contributed by atoms with Crippen molar-refractivity contribution < 1.29 is 0 Å². The molecular formula is C19H40N2. The van der Waals surface area contributed by atoms with Gasteiger partial charge in [-0.05, 0) is 67.6 Å². The molecule has 126 valence electrons. The van der Waals surface area contributed by atoms with Crippen LogP contribution in [0.2, 0.25) is 0 Å². The van der Waals surface area contributed by atoms with E-state index in [0.29, 0.717) is 11.1 Å². The molecule has 21 heavy (non-hydrogen) atoms. The summed E-state index contributed by atoms with van der Waals surface area (Å²) in [5, 5.41) is 0. The number of unbranched alkanes of at least 4 members (excludes halogenated alkanes) is 5. The van der Waals surface area contributed by atoms with E-state index in [1.807, 2.05) is 0 Å². The molecule has 0 atom stereocenters. The van der Waals surface area contributed by atoms with E-state index in [4.69, 9.17) is 0 Å². The largest absolute Gasteiger partial charge is 0.303 e. The fraction of sp³-hybridized carbons (Fsp3) is 1.00. The minimum absolute atomic E-state index is 0.307. The topological polar surface area (TPSA) is 6.48 Å². The molecule has 1 fully saturated rings. The molecule has 0 N–H and O–H groups in total. The van der Waals surface area contributed by atoms with Crippen LogP contribution < -0.4 is 0 Å². The maximum Gasteiger partial charge on any atom is 0.0170 e. The van der Waals surface area contributed by atoms with Gasteiger partial charge in [0.25, 0.3) is 0 Å². The molecule has 0 aliphatic carbocycles. The van der Waals surface area contributed by atoms with Crippen molar-refractivity contribution in [2.45, 2.75) is 103 Å². The highest BCUT2D eigenvalue weighted by molar-refractivity contribution is 5.00. The first-order valence-corrected chi connectivity index (χ1v) is 9.15. The van der Waals surface area contributed by atoms with Crippen molar-refractivity contribution in [3.8, 4) is 0 Å². The first kappa shape index (κ1) is 19.0. The monoisotopic (exact) mass is 296 g/mol. The van der Waals surface area contributed by atoms with E-state index in [0.717, 1.165) is 6.04 Å². The Hall–Kier alpha value is -0.0800. The Morgan fingerprint density at radius 3 is 1.90 bits per heavy atom. The minimum Gasteiger partial charge on any atom is -0.303 e. The standard InChI is InChI=1S/C19H40N2/c1-8-9-10-11-12-13-14-20(6)17-15-18(2,3)21(7)19(4,5)16-17/h17H,8-16H2,1-7H3.